The van der Waals surface area contributed by atoms with Gasteiger partial charge in [-0.1, -0.05) is 82.8 Å². The van der Waals surface area contributed by atoms with Gasteiger partial charge in [0.25, 0.3) is 0 Å². The van der Waals surface area contributed by atoms with Crippen LogP contribution < -0.4 is 49.3 Å². The maximum absolute atomic E-state index is 13.3. The van der Waals surface area contributed by atoms with Crippen LogP contribution in [0.3, 0.4) is 0 Å². The number of carbonyl (C=O) groups excluding carboxylic acids is 7. The molecule has 8 heterocycles. The van der Waals surface area contributed by atoms with Crippen LogP contribution >= 0.6 is 47.0 Å². The molecule has 4 aliphatic rings. The molecule has 0 unspecified atom stereocenters. The molecule has 0 saturated heterocycles. The average Bonchev–Trinajstić information content (AvgIpc) is 1.60. The highest BCUT2D eigenvalue weighted by atomic mass is 32.2. The number of aliphatic carboxylic acids is 1. The zero-order valence-electron chi connectivity index (χ0n) is 73.1. The number of halogens is 3. The number of hydrogen-bond acceptors (Lipinski definition) is 30. The zero-order chi connectivity index (χ0) is 93.1. The summed E-state index contributed by atoms with van der Waals surface area (Å²) >= 11 is 5.86. The highest BCUT2D eigenvalue weighted by Crippen LogP contribution is 2.38. The number of ether oxygens (including phenoxy) is 4. The number of thioether (sulfide) groups is 4. The molecule has 4 aromatic rings. The van der Waals surface area contributed by atoms with Gasteiger partial charge < -0.3 is 73.4 Å². The molecule has 37 heteroatoms. The lowest BCUT2D eigenvalue weighted by Crippen LogP contribution is -2.53. The van der Waals surface area contributed by atoms with Crippen LogP contribution in [-0.2, 0) is 78.2 Å². The van der Waals surface area contributed by atoms with Crippen LogP contribution in [0.1, 0.15) is 232 Å². The lowest BCUT2D eigenvalue weighted by molar-refractivity contribution is -0.432. The first-order chi connectivity index (χ1) is 58.0. The summed E-state index contributed by atoms with van der Waals surface area (Å²) in [6.07, 6.45) is 10.6. The first kappa shape index (κ1) is 110. The van der Waals surface area contributed by atoms with E-state index in [0.29, 0.717) is 139 Å². The van der Waals surface area contributed by atoms with E-state index in [0.717, 1.165) is 65.2 Å². The van der Waals surface area contributed by atoms with Gasteiger partial charge in [-0.2, -0.15) is 22.8 Å². The first-order valence-corrected chi connectivity index (χ1v) is 44.1. The molecule has 7 N–H and O–H groups in total. The molecular weight excluding hydrogens is 1680 g/mol. The van der Waals surface area contributed by atoms with Crippen molar-refractivity contribution >= 4 is 109 Å². The fourth-order valence-electron chi connectivity index (χ4n) is 11.8. The van der Waals surface area contributed by atoms with Crippen molar-refractivity contribution in [3.63, 3.8) is 0 Å². The van der Waals surface area contributed by atoms with Crippen molar-refractivity contribution in [1.29, 1.82) is 0 Å². The van der Waals surface area contributed by atoms with E-state index in [1.54, 1.807) is 75.9 Å². The monoisotopic (exact) mass is 1800 g/mol. The number of aliphatic imine (C=N–C) groups is 4. The van der Waals surface area contributed by atoms with E-state index in [-0.39, 0.29) is 41.3 Å². The van der Waals surface area contributed by atoms with E-state index in [4.69, 9.17) is 66.3 Å². The Morgan fingerprint density at radius 2 is 0.854 bits per heavy atom. The number of carboxylic acid groups (broad SMARTS) is 1. The van der Waals surface area contributed by atoms with Crippen LogP contribution in [0.15, 0.2) is 161 Å². The average molecular weight is 1800 g/mol. The van der Waals surface area contributed by atoms with Crippen LogP contribution in [-0.4, -0.2) is 157 Å². The molecule has 4 aliphatic heterocycles. The van der Waals surface area contributed by atoms with Crippen LogP contribution in [0.2, 0.25) is 0 Å². The summed E-state index contributed by atoms with van der Waals surface area (Å²) in [5.74, 6) is -1.15. The molecule has 123 heavy (non-hydrogen) atoms. The molecule has 3 amide bonds. The Balaban J connectivity index is 0.000000518. The number of oxime groups is 1. The quantitative estimate of drug-likeness (QED) is 0.00914. The normalized spacial score (nSPS) is 18.6. The molecule has 0 aliphatic carbocycles. The Kier molecular flexibility index (Phi) is 48.7. The van der Waals surface area contributed by atoms with Crippen LogP contribution in [0, 0.1) is 0 Å². The number of carboxylic acids is 1. The molecule has 0 saturated carbocycles. The van der Waals surface area contributed by atoms with Crippen LogP contribution in [0.4, 0.5) is 13.2 Å². The smallest absolute Gasteiger partial charge is 0.430 e. The molecule has 680 valence electrons. The molecule has 4 aromatic heterocycles. The summed E-state index contributed by atoms with van der Waals surface area (Å²) in [5, 5.41) is 32.3. The zero-order valence-corrected chi connectivity index (χ0v) is 76.4. The standard InChI is InChI=1S/C23H34N2O5S.C19H25N3O4S.C19H24N2O4S.C12H17NO2.C10H19NO2S.C2HF3O2.CO2/c1-7-11-16-13-18(30-19(26)14-16)17(12-8-2)24-20(27)22(5)15-31-21(25-22)23(6,28-9-3)29-10-4;1-5-7-13-9-15(26-16(23)10-13)14(8-6-2)20-18(24)19(4)11-27-17(21-19)12(3)22-25;1-5-7-13-9-15(25-16(23)10-13)14(8-6-2)20-18(24)19(4)11-26-17(21-19)12(3)22;1-3-5-9-7-11(10(13)6-4-2)15-12(14)8-9;1-5-12-10(4,13-6-2)9-11-8(3)7-14-9;3-2(4,5)1(6)7;2-1-3/h7,13-14,17H,1,8-12,15H2,2-6H3,(H,24,27);5,9-10,14,25H,1,6-8,11H2,2-4H3,(H,20,24);5,9-10,14H,1,6-8,11H2,2-4H3,(H,20,24);3,7-8,10H,1,4-6,13H2,2H3;8H,5-7H2,1-4H3;(H,6,7);/b;22-12+;;;;;/t17-,22+;2*14-,19+;10-;8-;;/m11110../s1. The van der Waals surface area contributed by atoms with E-state index in [1.165, 1.54) is 66.5 Å². The van der Waals surface area contributed by atoms with Gasteiger partial charge in [-0.3, -0.25) is 39.1 Å². The van der Waals surface area contributed by atoms with Crippen molar-refractivity contribution in [2.24, 2.45) is 25.1 Å². The second-order valence-corrected chi connectivity index (χ2v) is 32.8. The predicted octanol–water partition coefficient (Wildman–Crippen LogP) is 12.4. The van der Waals surface area contributed by atoms with Gasteiger partial charge in [0.05, 0.1) is 24.2 Å². The molecular formula is C86H120F3N9O21S4. The number of quaternary nitrogens is 1. The second-order valence-electron chi connectivity index (χ2n) is 28.9. The van der Waals surface area contributed by atoms with Crippen molar-refractivity contribution in [2.75, 3.05) is 49.4 Å². The van der Waals surface area contributed by atoms with Gasteiger partial charge in [-0.05, 0) is 168 Å². The maximum atomic E-state index is 13.3. The topological polar surface area (TPSA) is 446 Å². The number of hydrogen-bond donors (Lipinski definition) is 5. The summed E-state index contributed by atoms with van der Waals surface area (Å²) in [5.41, 5.74) is 3.13. The first-order valence-electron chi connectivity index (χ1n) is 40.2. The fraction of sp³-hybridized carbons (Fsp3) is 0.547. The van der Waals surface area contributed by atoms with Gasteiger partial charge in [0, 0.05) is 87.0 Å². The highest BCUT2D eigenvalue weighted by molar-refractivity contribution is 8.16. The molecule has 8 atom stereocenters. The van der Waals surface area contributed by atoms with E-state index < -0.39 is 75.3 Å². The minimum Gasteiger partial charge on any atom is -0.542 e. The van der Waals surface area contributed by atoms with Gasteiger partial charge >= 0.3 is 34.8 Å². The summed E-state index contributed by atoms with van der Waals surface area (Å²) in [4.78, 5) is 140. The molecule has 0 radical (unpaired) electrons. The summed E-state index contributed by atoms with van der Waals surface area (Å²) in [6.45, 7) is 47.0. The van der Waals surface area contributed by atoms with E-state index in [1.807, 2.05) is 74.4 Å². The number of rotatable bonds is 38. The largest absolute Gasteiger partial charge is 0.542 e. The highest BCUT2D eigenvalue weighted by Gasteiger charge is 2.47. The Hall–Kier alpha value is -9.17. The number of nitrogens with one attached hydrogen (secondary N) is 3. The van der Waals surface area contributed by atoms with Crippen molar-refractivity contribution in [1.82, 2.24) is 16.0 Å². The second kappa shape index (κ2) is 54.6. The van der Waals surface area contributed by atoms with E-state index >= 15 is 0 Å². The van der Waals surface area contributed by atoms with Crippen molar-refractivity contribution in [3.8, 4) is 0 Å². The van der Waals surface area contributed by atoms with Crippen LogP contribution in [0.25, 0.3) is 0 Å². The molecule has 0 bridgehead atoms. The molecule has 0 fully saturated rings. The maximum Gasteiger partial charge on any atom is 0.430 e. The summed E-state index contributed by atoms with van der Waals surface area (Å²) in [6, 6.07) is 12.3. The Bertz CT molecular complexity index is 4620. The molecule has 0 spiro atoms. The summed E-state index contributed by atoms with van der Waals surface area (Å²) in [7, 11) is 0. The van der Waals surface area contributed by atoms with Gasteiger partial charge in [-0.15, -0.1) is 73.4 Å². The lowest BCUT2D eigenvalue weighted by Gasteiger charge is -2.28. The number of amides is 3. The van der Waals surface area contributed by atoms with Crippen LogP contribution in [0.5, 0.6) is 0 Å². The fourth-order valence-corrected chi connectivity index (χ4v) is 16.4. The van der Waals surface area contributed by atoms with Gasteiger partial charge in [0.2, 0.25) is 29.3 Å². The summed E-state index contributed by atoms with van der Waals surface area (Å²) < 4.78 is 75.7. The third-order valence-corrected chi connectivity index (χ3v) is 23.4. The number of ketones is 1. The van der Waals surface area contributed by atoms with E-state index in [9.17, 15) is 51.5 Å². The number of carbonyl (C=O) groups is 5. The van der Waals surface area contributed by atoms with Crippen molar-refractivity contribution < 1.29 is 99.4 Å². The third-order valence-electron chi connectivity index (χ3n) is 17.9. The Morgan fingerprint density at radius 3 is 1.14 bits per heavy atom. The predicted molar refractivity (Wildman–Crippen MR) is 473 cm³/mol. The molecule has 0 aromatic carbocycles. The Labute approximate surface area is 732 Å². The van der Waals surface area contributed by atoms with Crippen molar-refractivity contribution in [2.45, 2.75) is 252 Å². The minimum atomic E-state index is -5.19. The lowest BCUT2D eigenvalue weighted by atomic mass is 10.0. The third kappa shape index (κ3) is 36.5. The van der Waals surface area contributed by atoms with Gasteiger partial charge in [0.15, 0.2) is 11.5 Å². The Morgan fingerprint density at radius 1 is 0.553 bits per heavy atom. The number of alkyl halides is 3. The van der Waals surface area contributed by atoms with E-state index in [2.05, 4.69) is 82.0 Å². The van der Waals surface area contributed by atoms with Gasteiger partial charge in [-0.25, -0.2) is 19.2 Å². The number of allylic oxidation sites excluding steroid dienone is 4. The van der Waals surface area contributed by atoms with Crippen molar-refractivity contribution in [3.05, 3.63) is 186 Å². The number of Topliss-reactive ketones (excluding diaryl/α,β-unsaturated/α-hetero) is 1. The SMILES string of the molecule is C=CCc1cc([C@@H](CCC)NC(=O)[C@]2(C)CSC(/C(C)=N/O)=N2)oc(=O)c1.C=CCc1cc([C@@H](CCC)NC(=O)[C@]2(C)CSC(C(C)(OCC)OCC)=N2)oc(=O)c1.C=CCc1cc([C@@H](CCC)NC(=O)[C@]2(C)CSC(C(C)=O)=N2)oc(=O)c1.C=CCc1cc([C@H]([NH3+])CCC)oc(=O)c1.CCOC(C)(OCC)C1=N[C@@H](C)CS1.O=C([O-])C(F)(F)F.O=C=O. The molecule has 8 rings (SSSR count). The number of nitrogens with zero attached hydrogens (tertiary/aromatic N) is 5. The molecule has 30 nitrogen and oxygen atoms in total. The van der Waals surface area contributed by atoms with Gasteiger partial charge in [0.1, 0.15) is 71.8 Å². The minimum absolute atomic E-state index is 0.0625.